The van der Waals surface area contributed by atoms with E-state index in [9.17, 15) is 0 Å². The van der Waals surface area contributed by atoms with Crippen molar-refractivity contribution in [2.24, 2.45) is 0 Å². The zero-order valence-corrected chi connectivity index (χ0v) is 13.3. The van der Waals surface area contributed by atoms with Crippen molar-refractivity contribution in [2.45, 2.75) is 6.61 Å². The van der Waals surface area contributed by atoms with Gasteiger partial charge in [-0.05, 0) is 35.9 Å². The molecule has 0 unspecified atom stereocenters. The Hall–Kier alpha value is -3.65. The van der Waals surface area contributed by atoms with Gasteiger partial charge < -0.3 is 4.74 Å². The van der Waals surface area contributed by atoms with E-state index in [0.29, 0.717) is 17.8 Å². The number of aromatic nitrogens is 3. The second-order valence-electron chi connectivity index (χ2n) is 5.53. The Labute approximate surface area is 145 Å². The third kappa shape index (κ3) is 3.06. The molecule has 0 aliphatic rings. The lowest BCUT2D eigenvalue weighted by Crippen LogP contribution is -1.96. The summed E-state index contributed by atoms with van der Waals surface area (Å²) >= 11 is 0. The summed E-state index contributed by atoms with van der Waals surface area (Å²) in [6.07, 6.45) is 3.27. The number of pyridine rings is 1. The Kier molecular flexibility index (Phi) is 3.85. The molecule has 0 saturated heterocycles. The second-order valence-corrected chi connectivity index (χ2v) is 5.53. The van der Waals surface area contributed by atoms with Crippen LogP contribution in [-0.2, 0) is 6.61 Å². The predicted molar refractivity (Wildman–Crippen MR) is 95.9 cm³/mol. The van der Waals surface area contributed by atoms with Crippen molar-refractivity contribution in [1.82, 2.24) is 14.5 Å². The molecule has 0 saturated carbocycles. The second kappa shape index (κ2) is 6.46. The largest absolute Gasteiger partial charge is 0.489 e. The van der Waals surface area contributed by atoms with Gasteiger partial charge in [-0.25, -0.2) is 14.8 Å². The zero-order chi connectivity index (χ0) is 17.1. The third-order valence-corrected chi connectivity index (χ3v) is 3.87. The number of imidazole rings is 1. The van der Waals surface area contributed by atoms with Gasteiger partial charge in [0.2, 0.25) is 5.69 Å². The van der Waals surface area contributed by atoms with E-state index in [1.807, 2.05) is 59.2 Å². The van der Waals surface area contributed by atoms with Gasteiger partial charge in [-0.15, -0.1) is 0 Å². The van der Waals surface area contributed by atoms with Gasteiger partial charge in [0, 0.05) is 11.9 Å². The number of ether oxygens (including phenoxy) is 1. The Bertz CT molecular complexity index is 1050. The smallest absolute Gasteiger partial charge is 0.207 e. The summed E-state index contributed by atoms with van der Waals surface area (Å²) in [6, 6.07) is 19.6. The van der Waals surface area contributed by atoms with Gasteiger partial charge in [0.1, 0.15) is 18.7 Å². The molecule has 0 bridgehead atoms. The normalized spacial score (nSPS) is 10.5. The SMILES string of the molecule is [C-]#[N+]c1cnc2c(c1)ncn2-c1ccc(OCc2ccccc2)cc1. The maximum Gasteiger partial charge on any atom is 0.207 e. The highest BCUT2D eigenvalue weighted by Gasteiger charge is 2.07. The molecule has 5 nitrogen and oxygen atoms in total. The molecule has 0 radical (unpaired) electrons. The molecule has 2 aromatic carbocycles. The number of benzene rings is 2. The van der Waals surface area contributed by atoms with E-state index < -0.39 is 0 Å². The van der Waals surface area contributed by atoms with Gasteiger partial charge >= 0.3 is 0 Å². The molecule has 120 valence electrons. The first-order chi connectivity index (χ1) is 12.3. The van der Waals surface area contributed by atoms with Crippen LogP contribution < -0.4 is 4.74 Å². The third-order valence-electron chi connectivity index (χ3n) is 3.87. The fraction of sp³-hybridized carbons (Fsp3) is 0.0500. The molecule has 0 spiro atoms. The van der Waals surface area contributed by atoms with Gasteiger partial charge in [-0.2, -0.15) is 0 Å². The van der Waals surface area contributed by atoms with Crippen molar-refractivity contribution >= 4 is 16.9 Å². The monoisotopic (exact) mass is 326 g/mol. The number of nitrogens with zero attached hydrogens (tertiary/aromatic N) is 4. The lowest BCUT2D eigenvalue weighted by atomic mass is 10.2. The van der Waals surface area contributed by atoms with Crippen LogP contribution in [0.3, 0.4) is 0 Å². The number of rotatable bonds is 4. The summed E-state index contributed by atoms with van der Waals surface area (Å²) in [4.78, 5) is 12.1. The van der Waals surface area contributed by atoms with Gasteiger partial charge in [-0.1, -0.05) is 30.3 Å². The summed E-state index contributed by atoms with van der Waals surface area (Å²) in [5.41, 5.74) is 4.00. The average molecular weight is 326 g/mol. The molecular formula is C20H14N4O. The van der Waals surface area contributed by atoms with Gasteiger partial charge in [0.25, 0.3) is 0 Å². The molecule has 0 N–H and O–H groups in total. The van der Waals surface area contributed by atoms with Crippen LogP contribution in [0.1, 0.15) is 5.56 Å². The van der Waals surface area contributed by atoms with Crippen LogP contribution in [0.15, 0.2) is 73.2 Å². The lowest BCUT2D eigenvalue weighted by molar-refractivity contribution is 0.306. The molecule has 4 aromatic rings. The fourth-order valence-electron chi connectivity index (χ4n) is 2.58. The van der Waals surface area contributed by atoms with E-state index in [-0.39, 0.29) is 0 Å². The van der Waals surface area contributed by atoms with Crippen molar-refractivity contribution in [3.05, 3.63) is 90.2 Å². The summed E-state index contributed by atoms with van der Waals surface area (Å²) in [6.45, 7) is 7.59. The summed E-state index contributed by atoms with van der Waals surface area (Å²) in [5, 5.41) is 0. The van der Waals surface area contributed by atoms with Crippen LogP contribution in [0.25, 0.3) is 21.7 Å². The first-order valence-electron chi connectivity index (χ1n) is 7.81. The summed E-state index contributed by atoms with van der Waals surface area (Å²) in [5.74, 6) is 0.806. The molecule has 0 aliphatic heterocycles. The molecule has 4 rings (SSSR count). The minimum absolute atomic E-state index is 0.488. The van der Waals surface area contributed by atoms with Gasteiger partial charge in [0.15, 0.2) is 5.65 Å². The molecule has 0 aliphatic carbocycles. The van der Waals surface area contributed by atoms with Crippen molar-refractivity contribution in [3.63, 3.8) is 0 Å². The van der Waals surface area contributed by atoms with Crippen molar-refractivity contribution < 1.29 is 4.74 Å². The van der Waals surface area contributed by atoms with Crippen molar-refractivity contribution in [2.75, 3.05) is 0 Å². The Morgan fingerprint density at radius 2 is 1.80 bits per heavy atom. The standard InChI is InChI=1S/C20H14N4O/c1-21-16-11-19-20(22-12-16)24(14-23-19)17-7-9-18(10-8-17)25-13-15-5-3-2-4-6-15/h2-12,14H,13H2. The van der Waals surface area contributed by atoms with E-state index >= 15 is 0 Å². The average Bonchev–Trinajstić information content (AvgIpc) is 3.10. The van der Waals surface area contributed by atoms with Crippen LogP contribution in [0.4, 0.5) is 5.69 Å². The molecule has 2 aromatic heterocycles. The van der Waals surface area contributed by atoms with Crippen LogP contribution >= 0.6 is 0 Å². The maximum atomic E-state index is 7.05. The molecule has 0 fully saturated rings. The number of fused-ring (bicyclic) bond motifs is 1. The minimum atomic E-state index is 0.488. The highest BCUT2D eigenvalue weighted by molar-refractivity contribution is 5.76. The molecular weight excluding hydrogens is 312 g/mol. The number of hydrogen-bond donors (Lipinski definition) is 0. The molecule has 25 heavy (non-hydrogen) atoms. The van der Waals surface area contributed by atoms with Crippen molar-refractivity contribution in [3.8, 4) is 11.4 Å². The van der Waals surface area contributed by atoms with Crippen LogP contribution in [-0.4, -0.2) is 14.5 Å². The summed E-state index contributed by atoms with van der Waals surface area (Å²) < 4.78 is 7.70. The Balaban J connectivity index is 1.55. The van der Waals surface area contributed by atoms with Crippen LogP contribution in [0.2, 0.25) is 0 Å². The van der Waals surface area contributed by atoms with E-state index in [1.54, 1.807) is 18.6 Å². The molecule has 0 amide bonds. The van der Waals surface area contributed by atoms with Crippen LogP contribution in [0, 0.1) is 6.57 Å². The van der Waals surface area contributed by atoms with Crippen molar-refractivity contribution in [1.29, 1.82) is 0 Å². The highest BCUT2D eigenvalue weighted by Crippen LogP contribution is 2.22. The fourth-order valence-corrected chi connectivity index (χ4v) is 2.58. The van der Waals surface area contributed by atoms with Gasteiger partial charge in [-0.3, -0.25) is 4.57 Å². The topological polar surface area (TPSA) is 44.3 Å². The zero-order valence-electron chi connectivity index (χ0n) is 13.3. The first-order valence-corrected chi connectivity index (χ1v) is 7.81. The first kappa shape index (κ1) is 14.9. The van der Waals surface area contributed by atoms with Crippen LogP contribution in [0.5, 0.6) is 5.75 Å². The Morgan fingerprint density at radius 3 is 2.56 bits per heavy atom. The molecule has 0 atom stereocenters. The van der Waals surface area contributed by atoms with E-state index in [4.69, 9.17) is 11.3 Å². The molecule has 2 heterocycles. The lowest BCUT2D eigenvalue weighted by Gasteiger charge is -2.08. The summed E-state index contributed by atoms with van der Waals surface area (Å²) in [7, 11) is 0. The van der Waals surface area contributed by atoms with E-state index in [2.05, 4.69) is 14.8 Å². The van der Waals surface area contributed by atoms with E-state index in [1.165, 1.54) is 0 Å². The Morgan fingerprint density at radius 1 is 1.00 bits per heavy atom. The quantitative estimate of drug-likeness (QED) is 0.517. The van der Waals surface area contributed by atoms with E-state index in [0.717, 1.165) is 22.6 Å². The van der Waals surface area contributed by atoms with Gasteiger partial charge in [0.05, 0.1) is 12.1 Å². The minimum Gasteiger partial charge on any atom is -0.489 e. The maximum absolute atomic E-state index is 7.05. The number of hydrogen-bond acceptors (Lipinski definition) is 3. The predicted octanol–water partition coefficient (Wildman–Crippen LogP) is 4.55. The highest BCUT2D eigenvalue weighted by atomic mass is 16.5. The molecule has 5 heteroatoms.